The van der Waals surface area contributed by atoms with Crippen molar-refractivity contribution >= 4 is 17.8 Å². The topological polar surface area (TPSA) is 111 Å². The Morgan fingerprint density at radius 2 is 1.65 bits per heavy atom. The van der Waals surface area contributed by atoms with Crippen LogP contribution >= 0.6 is 0 Å². The minimum Gasteiger partial charge on any atom is -0.414 e. The number of nitrogens with zero attached hydrogens (tertiary/aromatic N) is 5. The summed E-state index contributed by atoms with van der Waals surface area (Å²) >= 11 is 0. The summed E-state index contributed by atoms with van der Waals surface area (Å²) in [6, 6.07) is 14.7. The van der Waals surface area contributed by atoms with Gasteiger partial charge in [-0.3, -0.25) is 4.79 Å². The van der Waals surface area contributed by atoms with E-state index in [4.69, 9.17) is 10.2 Å². The molecule has 0 aliphatic heterocycles. The second kappa shape index (κ2) is 8.19. The summed E-state index contributed by atoms with van der Waals surface area (Å²) in [6.45, 7) is 3.74. The predicted molar refractivity (Wildman–Crippen MR) is 119 cm³/mol. The standard InChI is InChI=1S/C23H20N6O2/c1-4-14-5-7-16(8-6-14)21-27-28-22(31-21)19-20(24)25-13-18(26-19)15-9-11-17(12-10-15)23(30)29(2)3/h4-13H,1H2,2-3H3,(H2,24,25). The largest absolute Gasteiger partial charge is 0.414 e. The molecule has 0 aliphatic rings. The van der Waals surface area contributed by atoms with Crippen molar-refractivity contribution in [1.82, 2.24) is 25.1 Å². The summed E-state index contributed by atoms with van der Waals surface area (Å²) < 4.78 is 5.80. The van der Waals surface area contributed by atoms with E-state index in [1.807, 2.05) is 24.3 Å². The number of nitrogen functional groups attached to an aromatic ring is 1. The maximum absolute atomic E-state index is 12.1. The Labute approximate surface area is 179 Å². The van der Waals surface area contributed by atoms with Crippen molar-refractivity contribution in [2.45, 2.75) is 0 Å². The first-order valence-corrected chi connectivity index (χ1v) is 9.47. The van der Waals surface area contributed by atoms with Crippen LogP contribution in [0, 0.1) is 0 Å². The van der Waals surface area contributed by atoms with Crippen molar-refractivity contribution in [3.63, 3.8) is 0 Å². The Bertz CT molecular complexity index is 1240. The van der Waals surface area contributed by atoms with Crippen molar-refractivity contribution in [1.29, 1.82) is 0 Å². The number of carbonyl (C=O) groups excluding carboxylic acids is 1. The highest BCUT2D eigenvalue weighted by molar-refractivity contribution is 5.94. The molecule has 0 saturated carbocycles. The molecule has 0 bridgehead atoms. The summed E-state index contributed by atoms with van der Waals surface area (Å²) in [4.78, 5) is 22.4. The fourth-order valence-electron chi connectivity index (χ4n) is 2.93. The van der Waals surface area contributed by atoms with E-state index in [1.54, 1.807) is 50.6 Å². The third kappa shape index (κ3) is 4.04. The minimum atomic E-state index is -0.0739. The van der Waals surface area contributed by atoms with E-state index in [0.29, 0.717) is 22.8 Å². The molecule has 8 nitrogen and oxygen atoms in total. The van der Waals surface area contributed by atoms with Gasteiger partial charge in [0.15, 0.2) is 11.5 Å². The number of aromatic nitrogens is 4. The van der Waals surface area contributed by atoms with E-state index >= 15 is 0 Å². The third-order valence-corrected chi connectivity index (χ3v) is 4.66. The van der Waals surface area contributed by atoms with Crippen LogP contribution in [0.5, 0.6) is 0 Å². The molecule has 4 aromatic rings. The molecule has 0 radical (unpaired) electrons. The number of hydrogen-bond acceptors (Lipinski definition) is 7. The maximum Gasteiger partial charge on any atom is 0.270 e. The molecule has 2 N–H and O–H groups in total. The van der Waals surface area contributed by atoms with E-state index in [2.05, 4.69) is 26.7 Å². The van der Waals surface area contributed by atoms with Crippen LogP contribution in [-0.4, -0.2) is 45.1 Å². The Morgan fingerprint density at radius 1 is 1.00 bits per heavy atom. The molecule has 8 heteroatoms. The molecule has 0 spiro atoms. The fourth-order valence-corrected chi connectivity index (χ4v) is 2.93. The summed E-state index contributed by atoms with van der Waals surface area (Å²) in [5, 5.41) is 8.19. The number of amides is 1. The number of carbonyl (C=O) groups is 1. The predicted octanol–water partition coefficient (Wildman–Crippen LogP) is 3.79. The Morgan fingerprint density at radius 3 is 2.29 bits per heavy atom. The van der Waals surface area contributed by atoms with Crippen LogP contribution in [0.3, 0.4) is 0 Å². The van der Waals surface area contributed by atoms with Crippen molar-refractivity contribution in [3.05, 3.63) is 72.4 Å². The molecule has 154 valence electrons. The molecular formula is C23H20N6O2. The SMILES string of the molecule is C=Cc1ccc(-c2nnc(-c3nc(-c4ccc(C(=O)N(C)C)cc4)cnc3N)o2)cc1. The van der Waals surface area contributed by atoms with Crippen LogP contribution in [-0.2, 0) is 0 Å². The van der Waals surface area contributed by atoms with Gasteiger partial charge in [0.25, 0.3) is 11.8 Å². The monoisotopic (exact) mass is 412 g/mol. The summed E-state index contributed by atoms with van der Waals surface area (Å²) in [7, 11) is 3.42. The van der Waals surface area contributed by atoms with E-state index in [9.17, 15) is 4.79 Å². The molecule has 0 unspecified atom stereocenters. The van der Waals surface area contributed by atoms with E-state index in [1.165, 1.54) is 4.90 Å². The lowest BCUT2D eigenvalue weighted by Gasteiger charge is -2.10. The number of nitrogens with two attached hydrogens (primary N) is 1. The van der Waals surface area contributed by atoms with E-state index < -0.39 is 0 Å². The quantitative estimate of drug-likeness (QED) is 0.531. The Hall–Kier alpha value is -4.33. The number of hydrogen-bond donors (Lipinski definition) is 1. The maximum atomic E-state index is 12.1. The van der Waals surface area contributed by atoms with Crippen LogP contribution in [0.2, 0.25) is 0 Å². The summed E-state index contributed by atoms with van der Waals surface area (Å²) in [6.07, 6.45) is 3.32. The van der Waals surface area contributed by atoms with E-state index in [-0.39, 0.29) is 17.6 Å². The first kappa shape index (κ1) is 20.0. The zero-order valence-electron chi connectivity index (χ0n) is 17.1. The third-order valence-electron chi connectivity index (χ3n) is 4.66. The average molecular weight is 412 g/mol. The Balaban J connectivity index is 1.65. The van der Waals surface area contributed by atoms with Crippen molar-refractivity contribution in [3.8, 4) is 34.3 Å². The molecule has 0 atom stereocenters. The smallest absolute Gasteiger partial charge is 0.270 e. The lowest BCUT2D eigenvalue weighted by Crippen LogP contribution is -2.21. The lowest BCUT2D eigenvalue weighted by molar-refractivity contribution is 0.0827. The lowest BCUT2D eigenvalue weighted by atomic mass is 10.1. The van der Waals surface area contributed by atoms with Gasteiger partial charge in [-0.05, 0) is 29.8 Å². The molecule has 0 fully saturated rings. The summed E-state index contributed by atoms with van der Waals surface area (Å²) in [5.74, 6) is 0.633. The van der Waals surface area contributed by atoms with Gasteiger partial charge in [-0.2, -0.15) is 0 Å². The number of anilines is 1. The van der Waals surface area contributed by atoms with Gasteiger partial charge in [-0.1, -0.05) is 36.9 Å². The molecule has 0 saturated heterocycles. The first-order valence-electron chi connectivity index (χ1n) is 9.47. The van der Waals surface area contributed by atoms with Gasteiger partial charge < -0.3 is 15.1 Å². The van der Waals surface area contributed by atoms with Gasteiger partial charge in [0.2, 0.25) is 5.89 Å². The average Bonchev–Trinajstić information content (AvgIpc) is 3.29. The van der Waals surface area contributed by atoms with Crippen LogP contribution in [0.1, 0.15) is 15.9 Å². The molecular weight excluding hydrogens is 392 g/mol. The van der Waals surface area contributed by atoms with Crippen molar-refractivity contribution < 1.29 is 9.21 Å². The van der Waals surface area contributed by atoms with Crippen LogP contribution in [0.15, 0.2) is 65.7 Å². The second-order valence-electron chi connectivity index (χ2n) is 7.00. The second-order valence-corrected chi connectivity index (χ2v) is 7.00. The fraction of sp³-hybridized carbons (Fsp3) is 0.0870. The van der Waals surface area contributed by atoms with Gasteiger partial charge in [0.05, 0.1) is 11.9 Å². The van der Waals surface area contributed by atoms with Crippen LogP contribution in [0.25, 0.3) is 40.4 Å². The minimum absolute atomic E-state index is 0.0739. The summed E-state index contributed by atoms with van der Waals surface area (Å²) in [5.41, 5.74) is 10.0. The van der Waals surface area contributed by atoms with Gasteiger partial charge in [-0.15, -0.1) is 10.2 Å². The van der Waals surface area contributed by atoms with Gasteiger partial charge in [0.1, 0.15) is 0 Å². The van der Waals surface area contributed by atoms with Crippen LogP contribution in [0.4, 0.5) is 5.82 Å². The van der Waals surface area contributed by atoms with Crippen LogP contribution < -0.4 is 5.73 Å². The van der Waals surface area contributed by atoms with E-state index in [0.717, 1.165) is 16.7 Å². The molecule has 31 heavy (non-hydrogen) atoms. The Kier molecular flexibility index (Phi) is 5.28. The van der Waals surface area contributed by atoms with Gasteiger partial charge in [-0.25, -0.2) is 9.97 Å². The van der Waals surface area contributed by atoms with Gasteiger partial charge >= 0.3 is 0 Å². The zero-order chi connectivity index (χ0) is 22.0. The van der Waals surface area contributed by atoms with Crippen molar-refractivity contribution in [2.24, 2.45) is 0 Å². The molecule has 0 aliphatic carbocycles. The molecule has 2 aromatic heterocycles. The molecule has 2 heterocycles. The number of benzene rings is 2. The molecule has 1 amide bonds. The first-order chi connectivity index (χ1) is 15.0. The molecule has 4 rings (SSSR count). The highest BCUT2D eigenvalue weighted by Gasteiger charge is 2.17. The van der Waals surface area contributed by atoms with Crippen molar-refractivity contribution in [2.75, 3.05) is 19.8 Å². The molecule has 2 aromatic carbocycles. The van der Waals surface area contributed by atoms with Gasteiger partial charge in [0, 0.05) is 30.8 Å². The highest BCUT2D eigenvalue weighted by atomic mass is 16.4. The highest BCUT2D eigenvalue weighted by Crippen LogP contribution is 2.28. The normalized spacial score (nSPS) is 10.6. The zero-order valence-corrected chi connectivity index (χ0v) is 17.1. The number of rotatable bonds is 5.